The third kappa shape index (κ3) is 11.4. The Morgan fingerprint density at radius 1 is 0.843 bits per heavy atom. The number of hydrogen-bond acceptors (Lipinski definition) is 6. The monoisotopic (exact) mass is 691 g/mol. The minimum Gasteiger partial charge on any atom is -0.497 e. The molecule has 3 aromatic carbocycles. The number of amides is 3. The van der Waals surface area contributed by atoms with Crippen LogP contribution in [0.15, 0.2) is 78.9 Å². The van der Waals surface area contributed by atoms with Crippen LogP contribution in [0.3, 0.4) is 0 Å². The summed E-state index contributed by atoms with van der Waals surface area (Å²) in [5, 5.41) is 9.91. The number of nitrogens with zero attached hydrogens (tertiary/aromatic N) is 2. The van der Waals surface area contributed by atoms with Gasteiger partial charge in [-0.1, -0.05) is 49.7 Å². The van der Waals surface area contributed by atoms with Gasteiger partial charge in [0.1, 0.15) is 11.8 Å². The lowest BCUT2D eigenvalue weighted by molar-refractivity contribution is -0.123. The third-order valence-electron chi connectivity index (χ3n) is 9.57. The lowest BCUT2D eigenvalue weighted by atomic mass is 9.99. The minimum absolute atomic E-state index is 0.0287. The summed E-state index contributed by atoms with van der Waals surface area (Å²) in [5.41, 5.74) is 4.98. The fourth-order valence-electron chi connectivity index (χ4n) is 6.58. The first-order chi connectivity index (χ1) is 24.9. The first kappa shape index (κ1) is 37.5. The Bertz CT molecular complexity index is 1720. The fraction of sp³-hybridized carbons (Fsp3) is 0.429. The third-order valence-corrected chi connectivity index (χ3v) is 9.57. The van der Waals surface area contributed by atoms with Gasteiger partial charge in [-0.15, -0.1) is 0 Å². The summed E-state index contributed by atoms with van der Waals surface area (Å²) in [7, 11) is 1.63. The number of aromatic nitrogens is 1. The van der Waals surface area contributed by atoms with Crippen LogP contribution in [0.2, 0.25) is 0 Å². The first-order valence-electron chi connectivity index (χ1n) is 18.6. The maximum Gasteiger partial charge on any atom is 0.252 e. The predicted octanol–water partition coefficient (Wildman–Crippen LogP) is 6.48. The number of unbranched alkanes of at least 4 members (excludes halogenated alkanes) is 1. The average molecular weight is 692 g/mol. The van der Waals surface area contributed by atoms with Crippen LogP contribution < -0.4 is 20.7 Å². The van der Waals surface area contributed by atoms with Gasteiger partial charge in [0, 0.05) is 30.5 Å². The van der Waals surface area contributed by atoms with Crippen LogP contribution in [0.1, 0.15) is 79.8 Å². The number of hydrogen-bond donors (Lipinski definition) is 3. The molecule has 0 bridgehead atoms. The normalized spacial score (nSPS) is 13.5. The highest BCUT2D eigenvalue weighted by molar-refractivity contribution is 6.08. The quantitative estimate of drug-likeness (QED) is 0.0971. The van der Waals surface area contributed by atoms with Crippen LogP contribution in [0.4, 0.5) is 0 Å². The van der Waals surface area contributed by atoms with E-state index in [1.54, 1.807) is 7.11 Å². The Balaban J connectivity index is 1.31. The standard InChI is InChI=1S/C42H53N5O4/c1-3-4-12-32-16-22-37-35(29-32)36(30-39(45-37)33-18-20-34(51-2)21-19-33)41(49)46-38(42(50)44-25-11-28-47-26-8-9-27-47)15-10-24-43-40(48)23-17-31-13-6-5-7-14-31/h5-7,13-14,16,18-22,29-30,38H,3-4,8-12,15,17,23-28H2,1-2H3,(H,43,48)(H,44,50)(H,46,49). The van der Waals surface area contributed by atoms with E-state index in [0.29, 0.717) is 50.0 Å². The van der Waals surface area contributed by atoms with Crippen LogP contribution in [-0.2, 0) is 22.4 Å². The summed E-state index contributed by atoms with van der Waals surface area (Å²) in [5.74, 6) is 0.171. The highest BCUT2D eigenvalue weighted by atomic mass is 16.5. The molecule has 270 valence electrons. The first-order valence-corrected chi connectivity index (χ1v) is 18.6. The van der Waals surface area contributed by atoms with E-state index in [4.69, 9.17) is 9.72 Å². The number of carbonyl (C=O) groups is 3. The smallest absolute Gasteiger partial charge is 0.252 e. The molecule has 9 nitrogen and oxygen atoms in total. The molecular weight excluding hydrogens is 638 g/mol. The molecule has 1 aromatic heterocycles. The molecule has 0 radical (unpaired) electrons. The lowest BCUT2D eigenvalue weighted by Crippen LogP contribution is -2.47. The van der Waals surface area contributed by atoms with Gasteiger partial charge in [0.15, 0.2) is 0 Å². The molecule has 1 aliphatic rings. The number of pyridine rings is 1. The van der Waals surface area contributed by atoms with Gasteiger partial charge in [-0.05, 0) is 125 Å². The summed E-state index contributed by atoms with van der Waals surface area (Å²) in [6.07, 6.45) is 8.34. The molecule has 2 heterocycles. The fourth-order valence-corrected chi connectivity index (χ4v) is 6.58. The topological polar surface area (TPSA) is 113 Å². The second kappa shape index (κ2) is 19.6. The summed E-state index contributed by atoms with van der Waals surface area (Å²) in [6.45, 7) is 6.30. The minimum atomic E-state index is -0.763. The van der Waals surface area contributed by atoms with Gasteiger partial charge in [0.2, 0.25) is 11.8 Å². The van der Waals surface area contributed by atoms with Crippen molar-refractivity contribution in [3.8, 4) is 17.0 Å². The molecule has 1 atom stereocenters. The highest BCUT2D eigenvalue weighted by Crippen LogP contribution is 2.28. The van der Waals surface area contributed by atoms with Crippen LogP contribution in [0, 0.1) is 0 Å². The molecule has 0 spiro atoms. The van der Waals surface area contributed by atoms with Crippen LogP contribution in [0.25, 0.3) is 22.2 Å². The molecule has 0 saturated carbocycles. The number of methoxy groups -OCH3 is 1. The Morgan fingerprint density at radius 2 is 1.61 bits per heavy atom. The molecule has 1 saturated heterocycles. The van der Waals surface area contributed by atoms with Crippen LogP contribution in [-0.4, -0.2) is 73.5 Å². The molecule has 3 amide bonds. The van der Waals surface area contributed by atoms with E-state index >= 15 is 0 Å². The van der Waals surface area contributed by atoms with E-state index in [-0.39, 0.29) is 17.7 Å². The number of fused-ring (bicyclic) bond motifs is 1. The highest BCUT2D eigenvalue weighted by Gasteiger charge is 2.23. The number of ether oxygens (including phenoxy) is 1. The zero-order valence-corrected chi connectivity index (χ0v) is 30.2. The Morgan fingerprint density at radius 3 is 2.35 bits per heavy atom. The molecule has 9 heteroatoms. The molecule has 3 N–H and O–H groups in total. The van der Waals surface area contributed by atoms with Gasteiger partial charge in [0.25, 0.3) is 5.91 Å². The zero-order valence-electron chi connectivity index (χ0n) is 30.2. The zero-order chi connectivity index (χ0) is 35.8. The van der Waals surface area contributed by atoms with Gasteiger partial charge in [-0.2, -0.15) is 0 Å². The van der Waals surface area contributed by atoms with Gasteiger partial charge in [-0.3, -0.25) is 14.4 Å². The van der Waals surface area contributed by atoms with Crippen molar-refractivity contribution in [2.45, 2.75) is 77.2 Å². The molecule has 4 aromatic rings. The Kier molecular flexibility index (Phi) is 14.4. The van der Waals surface area contributed by atoms with Gasteiger partial charge < -0.3 is 25.6 Å². The lowest BCUT2D eigenvalue weighted by Gasteiger charge is -2.20. The number of rotatable bonds is 19. The molecule has 51 heavy (non-hydrogen) atoms. The van der Waals surface area contributed by atoms with Crippen molar-refractivity contribution in [2.24, 2.45) is 0 Å². The Hall–Kier alpha value is -4.76. The van der Waals surface area contributed by atoms with Gasteiger partial charge >= 0.3 is 0 Å². The van der Waals surface area contributed by atoms with Crippen molar-refractivity contribution in [3.63, 3.8) is 0 Å². The van der Waals surface area contributed by atoms with E-state index in [9.17, 15) is 14.4 Å². The van der Waals surface area contributed by atoms with Gasteiger partial charge in [-0.25, -0.2) is 4.98 Å². The van der Waals surface area contributed by atoms with Crippen molar-refractivity contribution in [2.75, 3.05) is 39.8 Å². The van der Waals surface area contributed by atoms with E-state index in [0.717, 1.165) is 78.7 Å². The van der Waals surface area contributed by atoms with Crippen molar-refractivity contribution in [1.82, 2.24) is 25.8 Å². The molecule has 1 fully saturated rings. The van der Waals surface area contributed by atoms with Crippen molar-refractivity contribution >= 4 is 28.6 Å². The number of benzene rings is 3. The van der Waals surface area contributed by atoms with E-state index in [1.165, 1.54) is 12.8 Å². The number of aryl methyl sites for hydroxylation is 2. The van der Waals surface area contributed by atoms with Crippen LogP contribution >= 0.6 is 0 Å². The summed E-state index contributed by atoms with van der Waals surface area (Å²) in [6, 6.07) is 24.7. The van der Waals surface area contributed by atoms with E-state index in [1.807, 2.05) is 66.7 Å². The average Bonchev–Trinajstić information content (AvgIpc) is 3.69. The number of likely N-dealkylation sites (tertiary alicyclic amines) is 1. The maximum absolute atomic E-state index is 14.2. The van der Waals surface area contributed by atoms with E-state index in [2.05, 4.69) is 39.9 Å². The molecule has 5 rings (SSSR count). The largest absolute Gasteiger partial charge is 0.497 e. The number of nitrogens with one attached hydrogen (secondary N) is 3. The van der Waals surface area contributed by atoms with Gasteiger partial charge in [0.05, 0.1) is 23.9 Å². The van der Waals surface area contributed by atoms with Crippen molar-refractivity contribution in [1.29, 1.82) is 0 Å². The molecule has 1 aliphatic heterocycles. The molecule has 0 aliphatic carbocycles. The van der Waals surface area contributed by atoms with Crippen LogP contribution in [0.5, 0.6) is 5.75 Å². The predicted molar refractivity (Wildman–Crippen MR) is 204 cm³/mol. The van der Waals surface area contributed by atoms with Crippen molar-refractivity contribution < 1.29 is 19.1 Å². The summed E-state index contributed by atoms with van der Waals surface area (Å²) >= 11 is 0. The summed E-state index contributed by atoms with van der Waals surface area (Å²) in [4.78, 5) is 47.8. The number of carbonyl (C=O) groups excluding carboxylic acids is 3. The SMILES string of the molecule is CCCCc1ccc2nc(-c3ccc(OC)cc3)cc(C(=O)NC(CCCNC(=O)CCc3ccccc3)C(=O)NCCCN3CCCC3)c2c1. The second-order valence-corrected chi connectivity index (χ2v) is 13.4. The Labute approximate surface area is 302 Å². The summed E-state index contributed by atoms with van der Waals surface area (Å²) < 4.78 is 5.35. The maximum atomic E-state index is 14.2. The second-order valence-electron chi connectivity index (χ2n) is 13.4. The van der Waals surface area contributed by atoms with Crippen molar-refractivity contribution in [3.05, 3.63) is 95.6 Å². The molecular formula is C42H53N5O4. The molecule has 1 unspecified atom stereocenters. The van der Waals surface area contributed by atoms with E-state index < -0.39 is 6.04 Å².